The van der Waals surface area contributed by atoms with Crippen LogP contribution < -0.4 is 0 Å². The Kier molecular flexibility index (Phi) is 22.4. The highest BCUT2D eigenvalue weighted by molar-refractivity contribution is 5.75. The number of aliphatic hydroxyl groups is 3. The molecular formula is C26H49N3O4. The Hall–Kier alpha value is -1.62. The van der Waals surface area contributed by atoms with Gasteiger partial charge in [0.1, 0.15) is 6.54 Å². The summed E-state index contributed by atoms with van der Waals surface area (Å²) >= 11 is 0. The van der Waals surface area contributed by atoms with Crippen LogP contribution in [0, 0.1) is 6.57 Å². The molecule has 0 heterocycles. The molecule has 0 aliphatic heterocycles. The molecule has 7 heteroatoms. The zero-order valence-corrected chi connectivity index (χ0v) is 21.0. The number of hydrogen-bond donors (Lipinski definition) is 3. The second-order valence-electron chi connectivity index (χ2n) is 8.78. The van der Waals surface area contributed by atoms with Gasteiger partial charge in [-0.3, -0.25) is 0 Å². The topological polar surface area (TPSA) is 88.6 Å². The van der Waals surface area contributed by atoms with E-state index in [9.17, 15) is 9.90 Å². The Morgan fingerprint density at radius 2 is 1.33 bits per heavy atom. The number of rotatable bonds is 22. The average Bonchev–Trinajstić information content (AvgIpc) is 2.81. The molecule has 0 aliphatic rings. The minimum Gasteiger partial charge on any atom is -0.395 e. The second-order valence-corrected chi connectivity index (χ2v) is 8.78. The Bertz CT molecular complexity index is 516. The van der Waals surface area contributed by atoms with Crippen molar-refractivity contribution < 1.29 is 20.1 Å². The molecule has 0 fully saturated rings. The van der Waals surface area contributed by atoms with Gasteiger partial charge in [-0.15, -0.1) is 0 Å². The molecule has 0 spiro atoms. The van der Waals surface area contributed by atoms with Crippen molar-refractivity contribution in [2.45, 2.75) is 109 Å². The number of amides is 2. The molecule has 0 aromatic heterocycles. The molecule has 0 aromatic carbocycles. The lowest BCUT2D eigenvalue weighted by Gasteiger charge is -2.23. The SMILES string of the molecule is [C-]#[N+]N(CC(O)CCCCCCCC/C=C\CCCCCCCC)C(=O)N(CCO)CCO. The number of aliphatic hydroxyl groups excluding tert-OH is 3. The van der Waals surface area contributed by atoms with Crippen molar-refractivity contribution in [3.05, 3.63) is 23.7 Å². The maximum absolute atomic E-state index is 12.3. The smallest absolute Gasteiger partial charge is 0.385 e. The van der Waals surface area contributed by atoms with Crippen LogP contribution >= 0.6 is 0 Å². The monoisotopic (exact) mass is 467 g/mol. The summed E-state index contributed by atoms with van der Waals surface area (Å²) in [5, 5.41) is 29.1. The van der Waals surface area contributed by atoms with E-state index in [2.05, 4.69) is 24.0 Å². The van der Waals surface area contributed by atoms with Crippen LogP contribution in [0.5, 0.6) is 0 Å². The number of urea groups is 1. The average molecular weight is 468 g/mol. The Labute approximate surface area is 202 Å². The number of carbonyl (C=O) groups is 1. The van der Waals surface area contributed by atoms with Gasteiger partial charge in [0.15, 0.2) is 0 Å². The normalized spacial score (nSPS) is 12.1. The lowest BCUT2D eigenvalue weighted by Crippen LogP contribution is -2.45. The highest BCUT2D eigenvalue weighted by Gasteiger charge is 2.27. The molecule has 33 heavy (non-hydrogen) atoms. The quantitative estimate of drug-likeness (QED) is 0.0870. The molecule has 1 atom stereocenters. The standard InChI is InChI=1S/C26H49N3O4/c1-3-4-5-6-7-8-9-10-11-12-13-14-15-16-17-18-19-25(32)24-29(27-2)26(33)28(20-22-30)21-23-31/h10-11,25,30-32H,3-9,12-24H2,1H3/b11-10-. The number of unbranched alkanes of at least 4 members (excludes halogenated alkanes) is 12. The predicted molar refractivity (Wildman–Crippen MR) is 135 cm³/mol. The third-order valence-corrected chi connectivity index (χ3v) is 5.78. The van der Waals surface area contributed by atoms with E-state index in [1.54, 1.807) is 0 Å². The third-order valence-electron chi connectivity index (χ3n) is 5.78. The maximum atomic E-state index is 12.3. The second kappa shape index (κ2) is 23.5. The summed E-state index contributed by atoms with van der Waals surface area (Å²) in [6.45, 7) is 9.03. The van der Waals surface area contributed by atoms with Gasteiger partial charge in [0, 0.05) is 13.1 Å². The van der Waals surface area contributed by atoms with Gasteiger partial charge in [-0.05, 0) is 37.1 Å². The molecule has 0 rings (SSSR count). The van der Waals surface area contributed by atoms with Gasteiger partial charge < -0.3 is 20.2 Å². The number of allylic oxidation sites excluding steroid dienone is 2. The third kappa shape index (κ3) is 18.5. The first-order chi connectivity index (χ1) is 16.1. The van der Waals surface area contributed by atoms with E-state index in [4.69, 9.17) is 16.8 Å². The zero-order chi connectivity index (χ0) is 24.6. The van der Waals surface area contributed by atoms with Gasteiger partial charge in [-0.2, -0.15) is 11.5 Å². The van der Waals surface area contributed by atoms with Crippen molar-refractivity contribution in [1.29, 1.82) is 0 Å². The highest BCUT2D eigenvalue weighted by atomic mass is 16.3. The summed E-state index contributed by atoms with van der Waals surface area (Å²) in [4.78, 5) is 16.7. The number of hydrogen-bond acceptors (Lipinski definition) is 4. The Morgan fingerprint density at radius 1 is 0.848 bits per heavy atom. The summed E-state index contributed by atoms with van der Waals surface area (Å²) in [6.07, 6.45) is 21.7. The van der Waals surface area contributed by atoms with E-state index in [1.807, 2.05) is 0 Å². The van der Waals surface area contributed by atoms with Gasteiger partial charge in [0.05, 0.1) is 19.3 Å². The lowest BCUT2D eigenvalue weighted by atomic mass is 10.1. The molecule has 0 bridgehead atoms. The van der Waals surface area contributed by atoms with Crippen LogP contribution in [0.3, 0.4) is 0 Å². The molecule has 0 saturated heterocycles. The van der Waals surface area contributed by atoms with Crippen molar-refractivity contribution in [3.8, 4) is 0 Å². The van der Waals surface area contributed by atoms with Crippen LogP contribution in [0.2, 0.25) is 0 Å². The van der Waals surface area contributed by atoms with Crippen LogP contribution in [0.25, 0.3) is 4.95 Å². The summed E-state index contributed by atoms with van der Waals surface area (Å²) in [5.74, 6) is 0. The fourth-order valence-electron chi connectivity index (χ4n) is 3.79. The highest BCUT2D eigenvalue weighted by Crippen LogP contribution is 2.12. The molecule has 0 saturated carbocycles. The van der Waals surface area contributed by atoms with Crippen molar-refractivity contribution in [3.63, 3.8) is 0 Å². The minimum absolute atomic E-state index is 0.0520. The van der Waals surface area contributed by atoms with E-state index in [0.717, 1.165) is 24.3 Å². The molecule has 0 aliphatic carbocycles. The molecule has 0 aromatic rings. The Balaban J connectivity index is 3.73. The molecule has 2 amide bonds. The van der Waals surface area contributed by atoms with Gasteiger partial charge >= 0.3 is 6.03 Å². The largest absolute Gasteiger partial charge is 0.395 e. The summed E-state index contributed by atoms with van der Waals surface area (Å²) in [5.41, 5.74) is 0. The first kappa shape index (κ1) is 31.4. The minimum atomic E-state index is -0.745. The predicted octanol–water partition coefficient (Wildman–Crippen LogP) is 5.32. The van der Waals surface area contributed by atoms with Gasteiger partial charge in [-0.25, -0.2) is 4.79 Å². The summed E-state index contributed by atoms with van der Waals surface area (Å²) in [7, 11) is 0. The molecule has 0 radical (unpaired) electrons. The molecular weight excluding hydrogens is 418 g/mol. The number of nitrogens with zero attached hydrogens (tertiary/aromatic N) is 3. The van der Waals surface area contributed by atoms with E-state index in [-0.39, 0.29) is 32.8 Å². The van der Waals surface area contributed by atoms with E-state index >= 15 is 0 Å². The fraction of sp³-hybridized carbons (Fsp3) is 0.846. The van der Waals surface area contributed by atoms with E-state index in [1.165, 1.54) is 75.5 Å². The molecule has 7 nitrogen and oxygen atoms in total. The maximum Gasteiger partial charge on any atom is 0.385 e. The van der Waals surface area contributed by atoms with Crippen LogP contribution in [0.1, 0.15) is 103 Å². The fourth-order valence-corrected chi connectivity index (χ4v) is 3.79. The molecule has 192 valence electrons. The van der Waals surface area contributed by atoms with Crippen LogP contribution in [-0.4, -0.2) is 70.2 Å². The molecule has 1 unspecified atom stereocenters. The van der Waals surface area contributed by atoms with E-state index in [0.29, 0.717) is 6.42 Å². The van der Waals surface area contributed by atoms with Gasteiger partial charge in [-0.1, -0.05) is 83.3 Å². The van der Waals surface area contributed by atoms with Crippen molar-refractivity contribution >= 4 is 6.03 Å². The van der Waals surface area contributed by atoms with Crippen molar-refractivity contribution in [1.82, 2.24) is 9.91 Å². The lowest BCUT2D eigenvalue weighted by molar-refractivity contribution is 0.103. The number of carbonyl (C=O) groups excluding carboxylic acids is 1. The zero-order valence-electron chi connectivity index (χ0n) is 21.0. The summed E-state index contributed by atoms with van der Waals surface area (Å²) in [6, 6.07) is -0.590. The van der Waals surface area contributed by atoms with Crippen LogP contribution in [0.4, 0.5) is 4.79 Å². The summed E-state index contributed by atoms with van der Waals surface area (Å²) < 4.78 is 0. The van der Waals surface area contributed by atoms with Crippen molar-refractivity contribution in [2.24, 2.45) is 0 Å². The van der Waals surface area contributed by atoms with Gasteiger partial charge in [0.2, 0.25) is 0 Å². The molecule has 3 N–H and O–H groups in total. The van der Waals surface area contributed by atoms with Gasteiger partial charge in [0.25, 0.3) is 0 Å². The van der Waals surface area contributed by atoms with E-state index < -0.39 is 12.1 Å². The first-order valence-corrected chi connectivity index (χ1v) is 13.1. The van der Waals surface area contributed by atoms with Crippen LogP contribution in [-0.2, 0) is 0 Å². The first-order valence-electron chi connectivity index (χ1n) is 13.1. The van der Waals surface area contributed by atoms with Crippen LogP contribution in [0.15, 0.2) is 12.2 Å². The van der Waals surface area contributed by atoms with Crippen molar-refractivity contribution in [2.75, 3.05) is 32.8 Å². The Morgan fingerprint density at radius 3 is 1.82 bits per heavy atom.